The first-order valence-electron chi connectivity index (χ1n) is 8.38. The van der Waals surface area contributed by atoms with Gasteiger partial charge in [0.05, 0.1) is 12.7 Å². The molecule has 0 saturated heterocycles. The molecule has 0 radical (unpaired) electrons. The minimum absolute atomic E-state index is 0.212. The zero-order chi connectivity index (χ0) is 19.4. The third-order valence-electron chi connectivity index (χ3n) is 3.92. The second kappa shape index (κ2) is 7.82. The number of hydrogen-bond donors (Lipinski definition) is 2. The highest BCUT2D eigenvalue weighted by Crippen LogP contribution is 2.18. The van der Waals surface area contributed by atoms with Crippen LogP contribution in [-0.2, 0) is 11.3 Å². The first-order chi connectivity index (χ1) is 12.9. The smallest absolute Gasteiger partial charge is 0.256 e. The second-order valence-electron chi connectivity index (χ2n) is 6.18. The maximum atomic E-state index is 13.4. The number of nitrogens with zero attached hydrogens (tertiary/aromatic N) is 2. The molecule has 0 atom stereocenters. The SMILES string of the molecule is CC(=O)Nc1cccc(C(=O)Nc2c(C)cnn2Cc2cccc(F)c2)c1. The molecule has 0 aliphatic heterocycles. The van der Waals surface area contributed by atoms with Crippen LogP contribution in [0, 0.1) is 12.7 Å². The number of carbonyl (C=O) groups is 2. The molecule has 0 spiro atoms. The summed E-state index contributed by atoms with van der Waals surface area (Å²) < 4.78 is 15.0. The molecule has 2 N–H and O–H groups in total. The molecule has 0 aliphatic rings. The molecule has 0 bridgehead atoms. The standard InChI is InChI=1S/C20H19FN4O2/c1-13-11-22-25(12-15-5-3-7-17(21)9-15)19(13)24-20(27)16-6-4-8-18(10-16)23-14(2)26/h3-11H,12H2,1-2H3,(H,23,26)(H,24,27). The average molecular weight is 366 g/mol. The molecule has 1 aromatic heterocycles. The Labute approximate surface area is 156 Å². The van der Waals surface area contributed by atoms with E-state index < -0.39 is 0 Å². The van der Waals surface area contributed by atoms with Crippen LogP contribution in [0.3, 0.4) is 0 Å². The van der Waals surface area contributed by atoms with E-state index in [-0.39, 0.29) is 17.6 Å². The van der Waals surface area contributed by atoms with E-state index in [4.69, 9.17) is 0 Å². The van der Waals surface area contributed by atoms with Crippen molar-refractivity contribution in [2.45, 2.75) is 20.4 Å². The molecule has 2 aromatic carbocycles. The Morgan fingerprint density at radius 3 is 2.63 bits per heavy atom. The summed E-state index contributed by atoms with van der Waals surface area (Å²) in [6.45, 7) is 3.56. The van der Waals surface area contributed by atoms with E-state index in [0.29, 0.717) is 23.6 Å². The van der Waals surface area contributed by atoms with Gasteiger partial charge in [-0.3, -0.25) is 9.59 Å². The molecule has 2 amide bonds. The monoisotopic (exact) mass is 366 g/mol. The molecule has 27 heavy (non-hydrogen) atoms. The fraction of sp³-hybridized carbons (Fsp3) is 0.150. The van der Waals surface area contributed by atoms with Gasteiger partial charge in [0.25, 0.3) is 5.91 Å². The van der Waals surface area contributed by atoms with E-state index in [2.05, 4.69) is 15.7 Å². The lowest BCUT2D eigenvalue weighted by Gasteiger charge is -2.11. The van der Waals surface area contributed by atoms with Crippen molar-refractivity contribution >= 4 is 23.3 Å². The molecule has 0 aliphatic carbocycles. The van der Waals surface area contributed by atoms with Gasteiger partial charge in [0, 0.05) is 23.7 Å². The highest BCUT2D eigenvalue weighted by molar-refractivity contribution is 6.05. The number of rotatable bonds is 5. The number of hydrogen-bond acceptors (Lipinski definition) is 3. The molecule has 6 nitrogen and oxygen atoms in total. The van der Waals surface area contributed by atoms with Crippen LogP contribution < -0.4 is 10.6 Å². The number of halogens is 1. The van der Waals surface area contributed by atoms with Gasteiger partial charge in [0.15, 0.2) is 0 Å². The third kappa shape index (κ3) is 4.58. The number of anilines is 2. The molecule has 0 unspecified atom stereocenters. The first kappa shape index (κ1) is 18.3. The van der Waals surface area contributed by atoms with Crippen LogP contribution in [0.2, 0.25) is 0 Å². The fourth-order valence-electron chi connectivity index (χ4n) is 2.69. The quantitative estimate of drug-likeness (QED) is 0.724. The number of carbonyl (C=O) groups excluding carboxylic acids is 2. The highest BCUT2D eigenvalue weighted by Gasteiger charge is 2.14. The largest absolute Gasteiger partial charge is 0.326 e. The minimum Gasteiger partial charge on any atom is -0.326 e. The van der Waals surface area contributed by atoms with E-state index in [9.17, 15) is 14.0 Å². The average Bonchev–Trinajstić information content (AvgIpc) is 2.95. The summed E-state index contributed by atoms with van der Waals surface area (Å²) in [5.41, 5.74) is 2.47. The number of benzene rings is 2. The van der Waals surface area contributed by atoms with Crippen molar-refractivity contribution in [1.82, 2.24) is 9.78 Å². The second-order valence-corrected chi connectivity index (χ2v) is 6.18. The highest BCUT2D eigenvalue weighted by atomic mass is 19.1. The van der Waals surface area contributed by atoms with Crippen molar-refractivity contribution in [3.63, 3.8) is 0 Å². The minimum atomic E-state index is -0.328. The lowest BCUT2D eigenvalue weighted by molar-refractivity contribution is -0.114. The zero-order valence-corrected chi connectivity index (χ0v) is 15.0. The lowest BCUT2D eigenvalue weighted by atomic mass is 10.2. The number of aryl methyl sites for hydroxylation is 1. The van der Waals surface area contributed by atoms with Crippen LogP contribution in [0.5, 0.6) is 0 Å². The maximum absolute atomic E-state index is 13.4. The van der Waals surface area contributed by atoms with Crippen LogP contribution >= 0.6 is 0 Å². The Hall–Kier alpha value is -3.48. The topological polar surface area (TPSA) is 76.0 Å². The Bertz CT molecular complexity index is 997. The predicted molar refractivity (Wildman–Crippen MR) is 101 cm³/mol. The molecule has 0 fully saturated rings. The summed E-state index contributed by atoms with van der Waals surface area (Å²) in [5, 5.41) is 9.76. The summed E-state index contributed by atoms with van der Waals surface area (Å²) in [4.78, 5) is 23.8. The summed E-state index contributed by atoms with van der Waals surface area (Å²) in [6, 6.07) is 12.9. The molecule has 1 heterocycles. The van der Waals surface area contributed by atoms with Gasteiger partial charge in [0.2, 0.25) is 5.91 Å². The third-order valence-corrected chi connectivity index (χ3v) is 3.92. The summed E-state index contributed by atoms with van der Waals surface area (Å²) in [7, 11) is 0. The van der Waals surface area contributed by atoms with Gasteiger partial charge in [-0.05, 0) is 42.8 Å². The van der Waals surface area contributed by atoms with Crippen LogP contribution in [0.15, 0.2) is 54.7 Å². The normalized spacial score (nSPS) is 10.5. The van der Waals surface area contributed by atoms with Crippen molar-refractivity contribution in [1.29, 1.82) is 0 Å². The molecular weight excluding hydrogens is 347 g/mol. The van der Waals surface area contributed by atoms with Crippen molar-refractivity contribution < 1.29 is 14.0 Å². The van der Waals surface area contributed by atoms with Gasteiger partial charge >= 0.3 is 0 Å². The molecular formula is C20H19FN4O2. The summed E-state index contributed by atoms with van der Waals surface area (Å²) >= 11 is 0. The Morgan fingerprint density at radius 1 is 1.11 bits per heavy atom. The molecule has 3 aromatic rings. The lowest BCUT2D eigenvalue weighted by Crippen LogP contribution is -2.17. The van der Waals surface area contributed by atoms with Crippen molar-refractivity contribution in [2.24, 2.45) is 0 Å². The van der Waals surface area contributed by atoms with Crippen LogP contribution in [0.4, 0.5) is 15.9 Å². The van der Waals surface area contributed by atoms with Crippen LogP contribution in [0.25, 0.3) is 0 Å². The van der Waals surface area contributed by atoms with Gasteiger partial charge in [-0.1, -0.05) is 18.2 Å². The summed E-state index contributed by atoms with van der Waals surface area (Å²) in [5.74, 6) is -0.325. The van der Waals surface area contributed by atoms with Gasteiger partial charge in [0.1, 0.15) is 11.6 Å². The van der Waals surface area contributed by atoms with E-state index in [1.165, 1.54) is 19.1 Å². The Balaban J connectivity index is 1.80. The van der Waals surface area contributed by atoms with Gasteiger partial charge < -0.3 is 10.6 Å². The van der Waals surface area contributed by atoms with Gasteiger partial charge in [-0.15, -0.1) is 0 Å². The molecule has 0 saturated carbocycles. The van der Waals surface area contributed by atoms with E-state index in [1.54, 1.807) is 47.3 Å². The predicted octanol–water partition coefficient (Wildman–Crippen LogP) is 3.59. The first-order valence-corrected chi connectivity index (χ1v) is 8.38. The van der Waals surface area contributed by atoms with Crippen molar-refractivity contribution in [3.05, 3.63) is 77.2 Å². The molecule has 138 valence electrons. The molecule has 3 rings (SSSR count). The number of amides is 2. The number of aromatic nitrogens is 2. The maximum Gasteiger partial charge on any atom is 0.256 e. The van der Waals surface area contributed by atoms with E-state index >= 15 is 0 Å². The summed E-state index contributed by atoms with van der Waals surface area (Å²) in [6.07, 6.45) is 1.64. The van der Waals surface area contributed by atoms with Crippen molar-refractivity contribution in [3.8, 4) is 0 Å². The van der Waals surface area contributed by atoms with E-state index in [1.807, 2.05) is 6.92 Å². The Morgan fingerprint density at radius 2 is 1.89 bits per heavy atom. The van der Waals surface area contributed by atoms with Crippen molar-refractivity contribution in [2.75, 3.05) is 10.6 Å². The fourth-order valence-corrected chi connectivity index (χ4v) is 2.69. The number of nitrogens with one attached hydrogen (secondary N) is 2. The van der Waals surface area contributed by atoms with Crippen LogP contribution in [-0.4, -0.2) is 21.6 Å². The molecule has 7 heteroatoms. The van der Waals surface area contributed by atoms with Gasteiger partial charge in [-0.25, -0.2) is 9.07 Å². The van der Waals surface area contributed by atoms with E-state index in [0.717, 1.165) is 11.1 Å². The van der Waals surface area contributed by atoms with Gasteiger partial charge in [-0.2, -0.15) is 5.10 Å². The van der Waals surface area contributed by atoms with Crippen LogP contribution in [0.1, 0.15) is 28.4 Å². The Kier molecular flexibility index (Phi) is 5.30. The zero-order valence-electron chi connectivity index (χ0n) is 15.0.